The third-order valence-electron chi connectivity index (χ3n) is 5.41. The van der Waals surface area contributed by atoms with E-state index in [2.05, 4.69) is 62.8 Å². The minimum Gasteiger partial charge on any atom is -0.494 e. The second-order valence-electron chi connectivity index (χ2n) is 7.89. The molecule has 1 aliphatic rings. The summed E-state index contributed by atoms with van der Waals surface area (Å²) in [5.74, 6) is 0.911. The Morgan fingerprint density at radius 3 is 2.53 bits per heavy atom. The lowest BCUT2D eigenvalue weighted by Crippen LogP contribution is -2.18. The van der Waals surface area contributed by atoms with Gasteiger partial charge in [0.15, 0.2) is 0 Å². The van der Waals surface area contributed by atoms with Crippen LogP contribution in [0, 0.1) is 3.57 Å². The number of fused-ring (bicyclic) bond motifs is 1. The van der Waals surface area contributed by atoms with Gasteiger partial charge in [-0.25, -0.2) is 4.79 Å². The molecule has 4 rings (SSSR count). The van der Waals surface area contributed by atoms with Gasteiger partial charge in [0.05, 0.1) is 23.9 Å². The number of nitrogens with zero attached hydrogens (tertiary/aromatic N) is 1. The standard InChI is InChI=1S/C24H27IN2O3/c1-4-29-19-12-13-20-21(14-19)27(18-6-5-7-18)23(22(20)25)16-8-10-17(11-9-16)26-24(28)30-15(2)3/h8-15,18H,4-7H2,1-3H3,(H,26,28). The molecule has 2 aromatic carbocycles. The van der Waals surface area contributed by atoms with Crippen molar-refractivity contribution in [2.75, 3.05) is 11.9 Å². The second kappa shape index (κ2) is 8.88. The van der Waals surface area contributed by atoms with Crippen molar-refractivity contribution < 1.29 is 14.3 Å². The fourth-order valence-electron chi connectivity index (χ4n) is 3.87. The molecule has 3 aromatic rings. The van der Waals surface area contributed by atoms with Crippen molar-refractivity contribution >= 4 is 45.3 Å². The Hall–Kier alpha value is -2.22. The summed E-state index contributed by atoms with van der Waals surface area (Å²) in [6.45, 7) is 6.34. The lowest BCUT2D eigenvalue weighted by molar-refractivity contribution is 0.130. The van der Waals surface area contributed by atoms with E-state index in [0.717, 1.165) is 17.0 Å². The third-order valence-corrected chi connectivity index (χ3v) is 6.50. The molecule has 0 spiro atoms. The summed E-state index contributed by atoms with van der Waals surface area (Å²) in [4.78, 5) is 11.9. The average Bonchev–Trinajstić information content (AvgIpc) is 2.93. The number of rotatable bonds is 6. The quantitative estimate of drug-likeness (QED) is 0.358. The zero-order valence-corrected chi connectivity index (χ0v) is 19.7. The maximum Gasteiger partial charge on any atom is 0.411 e. The molecule has 1 aliphatic carbocycles. The van der Waals surface area contributed by atoms with Crippen LogP contribution in [-0.2, 0) is 4.74 Å². The smallest absolute Gasteiger partial charge is 0.411 e. The van der Waals surface area contributed by atoms with E-state index in [4.69, 9.17) is 9.47 Å². The van der Waals surface area contributed by atoms with E-state index in [-0.39, 0.29) is 6.10 Å². The Morgan fingerprint density at radius 1 is 1.20 bits per heavy atom. The fourth-order valence-corrected chi connectivity index (χ4v) is 4.90. The number of ether oxygens (including phenoxy) is 2. The predicted octanol–water partition coefficient (Wildman–Crippen LogP) is 6.99. The molecule has 1 fully saturated rings. The van der Waals surface area contributed by atoms with Crippen molar-refractivity contribution in [3.8, 4) is 17.0 Å². The summed E-state index contributed by atoms with van der Waals surface area (Å²) >= 11 is 2.46. The second-order valence-corrected chi connectivity index (χ2v) is 8.96. The summed E-state index contributed by atoms with van der Waals surface area (Å²) in [5, 5.41) is 4.04. The van der Waals surface area contributed by atoms with Gasteiger partial charge >= 0.3 is 6.09 Å². The van der Waals surface area contributed by atoms with Gasteiger partial charge in [-0.1, -0.05) is 12.1 Å². The van der Waals surface area contributed by atoms with Gasteiger partial charge in [0.25, 0.3) is 0 Å². The molecule has 1 aromatic heterocycles. The van der Waals surface area contributed by atoms with Crippen LogP contribution in [0.15, 0.2) is 42.5 Å². The number of hydrogen-bond acceptors (Lipinski definition) is 3. The van der Waals surface area contributed by atoms with Crippen LogP contribution >= 0.6 is 22.6 Å². The number of hydrogen-bond donors (Lipinski definition) is 1. The van der Waals surface area contributed by atoms with Crippen LogP contribution in [0.2, 0.25) is 0 Å². The Morgan fingerprint density at radius 2 is 1.93 bits per heavy atom. The summed E-state index contributed by atoms with van der Waals surface area (Å²) in [5.41, 5.74) is 4.33. The minimum atomic E-state index is -0.431. The van der Waals surface area contributed by atoms with Crippen molar-refractivity contribution in [1.29, 1.82) is 0 Å². The van der Waals surface area contributed by atoms with Gasteiger partial charge in [0.1, 0.15) is 5.75 Å². The highest BCUT2D eigenvalue weighted by molar-refractivity contribution is 14.1. The topological polar surface area (TPSA) is 52.5 Å². The molecule has 1 N–H and O–H groups in total. The first kappa shape index (κ1) is 21.0. The highest BCUT2D eigenvalue weighted by Gasteiger charge is 2.27. The van der Waals surface area contributed by atoms with E-state index >= 15 is 0 Å². The zero-order valence-electron chi connectivity index (χ0n) is 17.6. The molecule has 0 aliphatic heterocycles. The number of halogens is 1. The van der Waals surface area contributed by atoms with E-state index in [9.17, 15) is 4.79 Å². The number of amides is 1. The molecule has 0 atom stereocenters. The van der Waals surface area contributed by atoms with Crippen LogP contribution in [0.4, 0.5) is 10.5 Å². The van der Waals surface area contributed by atoms with Gasteiger partial charge in [-0.05, 0) is 92.5 Å². The molecular weight excluding hydrogens is 491 g/mol. The predicted molar refractivity (Wildman–Crippen MR) is 129 cm³/mol. The Labute approximate surface area is 190 Å². The van der Waals surface area contributed by atoms with Crippen LogP contribution in [0.3, 0.4) is 0 Å². The number of anilines is 1. The summed E-state index contributed by atoms with van der Waals surface area (Å²) in [6.07, 6.45) is 3.09. The first-order chi connectivity index (χ1) is 14.5. The molecule has 1 amide bonds. The van der Waals surface area contributed by atoms with E-state index < -0.39 is 6.09 Å². The third kappa shape index (κ3) is 4.15. The first-order valence-electron chi connectivity index (χ1n) is 10.5. The first-order valence-corrected chi connectivity index (χ1v) is 11.6. The van der Waals surface area contributed by atoms with E-state index in [1.807, 2.05) is 32.9 Å². The molecule has 6 heteroatoms. The Balaban J connectivity index is 1.72. The maximum atomic E-state index is 11.9. The summed E-state index contributed by atoms with van der Waals surface area (Å²) in [6, 6.07) is 14.9. The zero-order chi connectivity index (χ0) is 21.3. The molecule has 30 heavy (non-hydrogen) atoms. The van der Waals surface area contributed by atoms with Crippen molar-refractivity contribution in [1.82, 2.24) is 4.57 Å². The molecule has 158 valence electrons. The molecule has 1 saturated carbocycles. The van der Waals surface area contributed by atoms with Crippen LogP contribution in [-0.4, -0.2) is 23.4 Å². The summed E-state index contributed by atoms with van der Waals surface area (Å²) < 4.78 is 14.7. The van der Waals surface area contributed by atoms with Gasteiger partial charge in [-0.15, -0.1) is 0 Å². The van der Waals surface area contributed by atoms with Gasteiger partial charge in [-0.2, -0.15) is 0 Å². The SMILES string of the molecule is CCOc1ccc2c(I)c(-c3ccc(NC(=O)OC(C)C)cc3)n(C3CCC3)c2c1. The van der Waals surface area contributed by atoms with Crippen LogP contribution in [0.5, 0.6) is 5.75 Å². The van der Waals surface area contributed by atoms with Gasteiger partial charge in [0.2, 0.25) is 0 Å². The lowest BCUT2D eigenvalue weighted by Gasteiger charge is -2.30. The lowest BCUT2D eigenvalue weighted by atomic mass is 9.92. The Bertz CT molecular complexity index is 1050. The molecular formula is C24H27IN2O3. The number of carbonyl (C=O) groups excluding carboxylic acids is 1. The fraction of sp³-hybridized carbons (Fsp3) is 0.375. The highest BCUT2D eigenvalue weighted by Crippen LogP contribution is 2.44. The van der Waals surface area contributed by atoms with Crippen LogP contribution in [0.1, 0.15) is 46.1 Å². The molecule has 0 radical (unpaired) electrons. The molecule has 0 bridgehead atoms. The van der Waals surface area contributed by atoms with Crippen molar-refractivity contribution in [2.24, 2.45) is 0 Å². The molecule has 0 saturated heterocycles. The van der Waals surface area contributed by atoms with E-state index in [1.165, 1.54) is 39.4 Å². The van der Waals surface area contributed by atoms with Gasteiger partial charge in [0, 0.05) is 26.8 Å². The van der Waals surface area contributed by atoms with Crippen LogP contribution in [0.25, 0.3) is 22.2 Å². The Kier molecular flexibility index (Phi) is 6.22. The number of benzene rings is 2. The maximum absolute atomic E-state index is 11.9. The van der Waals surface area contributed by atoms with Crippen LogP contribution < -0.4 is 10.1 Å². The van der Waals surface area contributed by atoms with Crippen molar-refractivity contribution in [2.45, 2.75) is 52.2 Å². The van der Waals surface area contributed by atoms with Crippen molar-refractivity contribution in [3.63, 3.8) is 0 Å². The number of carbonyl (C=O) groups is 1. The monoisotopic (exact) mass is 518 g/mol. The number of aromatic nitrogens is 1. The minimum absolute atomic E-state index is 0.148. The van der Waals surface area contributed by atoms with Gasteiger partial charge < -0.3 is 14.0 Å². The highest BCUT2D eigenvalue weighted by atomic mass is 127. The van der Waals surface area contributed by atoms with E-state index in [1.54, 1.807) is 0 Å². The molecule has 1 heterocycles. The normalized spacial score (nSPS) is 14.0. The largest absolute Gasteiger partial charge is 0.494 e. The van der Waals surface area contributed by atoms with Gasteiger partial charge in [-0.3, -0.25) is 5.32 Å². The molecule has 0 unspecified atom stereocenters. The van der Waals surface area contributed by atoms with E-state index in [0.29, 0.717) is 12.6 Å². The average molecular weight is 518 g/mol. The van der Waals surface area contributed by atoms with Crippen molar-refractivity contribution in [3.05, 3.63) is 46.0 Å². The summed E-state index contributed by atoms with van der Waals surface area (Å²) in [7, 11) is 0. The number of nitrogens with one attached hydrogen (secondary N) is 1. The molecule has 5 nitrogen and oxygen atoms in total.